The van der Waals surface area contributed by atoms with Gasteiger partial charge in [0.2, 0.25) is 5.09 Å². The summed E-state index contributed by atoms with van der Waals surface area (Å²) in [6.45, 7) is 3.54. The predicted molar refractivity (Wildman–Crippen MR) is 68.7 cm³/mol. The van der Waals surface area contributed by atoms with E-state index in [9.17, 15) is 8.42 Å². The van der Waals surface area contributed by atoms with E-state index in [2.05, 4.69) is 12.2 Å². The molecule has 1 aromatic heterocycles. The van der Waals surface area contributed by atoms with E-state index >= 15 is 0 Å². The second kappa shape index (κ2) is 5.42. The van der Waals surface area contributed by atoms with Gasteiger partial charge in [-0.2, -0.15) is 4.31 Å². The molecule has 0 atom stereocenters. The lowest BCUT2D eigenvalue weighted by molar-refractivity contribution is 0.378. The van der Waals surface area contributed by atoms with Gasteiger partial charge in [-0.3, -0.25) is 0 Å². The van der Waals surface area contributed by atoms with Crippen molar-refractivity contribution in [2.75, 3.05) is 13.6 Å². The van der Waals surface area contributed by atoms with Gasteiger partial charge in [-0.05, 0) is 37.9 Å². The Balaban J connectivity index is 2.04. The Bertz CT molecular complexity index is 491. The fourth-order valence-corrected chi connectivity index (χ4v) is 3.10. The average Bonchev–Trinajstić information content (AvgIpc) is 3.07. The molecule has 18 heavy (non-hydrogen) atoms. The van der Waals surface area contributed by atoms with Crippen LogP contribution in [0.4, 0.5) is 0 Å². The molecule has 2 rings (SSSR count). The first-order valence-electron chi connectivity index (χ1n) is 6.33. The zero-order valence-electron chi connectivity index (χ0n) is 10.8. The first-order chi connectivity index (χ1) is 8.55. The largest absolute Gasteiger partial charge is 0.447 e. The minimum Gasteiger partial charge on any atom is -0.447 e. The van der Waals surface area contributed by atoms with E-state index < -0.39 is 10.0 Å². The highest BCUT2D eigenvalue weighted by Crippen LogP contribution is 2.30. The summed E-state index contributed by atoms with van der Waals surface area (Å²) in [6.07, 6.45) is 2.93. The van der Waals surface area contributed by atoms with Crippen LogP contribution in [0.25, 0.3) is 0 Å². The van der Waals surface area contributed by atoms with Crippen LogP contribution in [0.1, 0.15) is 31.9 Å². The minimum absolute atomic E-state index is 0.0465. The Labute approximate surface area is 108 Å². The summed E-state index contributed by atoms with van der Waals surface area (Å²) in [5.74, 6) is 0.659. The standard InChI is InChI=1S/C12H20N2O3S/c1-3-8-13-9-11-6-7-12(17-11)18(15,16)14(2)10-4-5-10/h6-7,10,13H,3-5,8-9H2,1-2H3. The molecular formula is C12H20N2O3S. The Morgan fingerprint density at radius 2 is 2.17 bits per heavy atom. The number of nitrogens with one attached hydrogen (secondary N) is 1. The van der Waals surface area contributed by atoms with Crippen molar-refractivity contribution in [2.45, 2.75) is 43.9 Å². The van der Waals surface area contributed by atoms with Crippen molar-refractivity contribution in [3.8, 4) is 0 Å². The van der Waals surface area contributed by atoms with Crippen molar-refractivity contribution in [3.63, 3.8) is 0 Å². The topological polar surface area (TPSA) is 62.6 Å². The van der Waals surface area contributed by atoms with Gasteiger partial charge in [0.15, 0.2) is 0 Å². The van der Waals surface area contributed by atoms with Gasteiger partial charge in [-0.25, -0.2) is 8.42 Å². The molecular weight excluding hydrogens is 252 g/mol. The number of nitrogens with zero attached hydrogens (tertiary/aromatic N) is 1. The van der Waals surface area contributed by atoms with Crippen LogP contribution in [-0.4, -0.2) is 32.4 Å². The van der Waals surface area contributed by atoms with Crippen molar-refractivity contribution < 1.29 is 12.8 Å². The van der Waals surface area contributed by atoms with Crippen LogP contribution in [0.2, 0.25) is 0 Å². The molecule has 0 bridgehead atoms. The fourth-order valence-electron chi connectivity index (χ4n) is 1.76. The summed E-state index contributed by atoms with van der Waals surface area (Å²) in [7, 11) is -1.83. The van der Waals surface area contributed by atoms with Gasteiger partial charge >= 0.3 is 0 Å². The fraction of sp³-hybridized carbons (Fsp3) is 0.667. The van der Waals surface area contributed by atoms with Gasteiger partial charge in [0, 0.05) is 13.1 Å². The van der Waals surface area contributed by atoms with Crippen LogP contribution in [0, 0.1) is 0 Å². The van der Waals surface area contributed by atoms with Crippen molar-refractivity contribution in [2.24, 2.45) is 0 Å². The molecule has 0 amide bonds. The second-order valence-electron chi connectivity index (χ2n) is 4.65. The quantitative estimate of drug-likeness (QED) is 0.765. The van der Waals surface area contributed by atoms with Gasteiger partial charge in [-0.15, -0.1) is 0 Å². The number of rotatable bonds is 7. The normalized spacial score (nSPS) is 16.4. The zero-order valence-corrected chi connectivity index (χ0v) is 11.7. The summed E-state index contributed by atoms with van der Waals surface area (Å²) < 4.78 is 31.2. The number of sulfonamides is 1. The lowest BCUT2D eigenvalue weighted by Crippen LogP contribution is -2.28. The molecule has 1 aliphatic carbocycles. The second-order valence-corrected chi connectivity index (χ2v) is 6.58. The lowest BCUT2D eigenvalue weighted by atomic mass is 10.4. The molecule has 1 heterocycles. The van der Waals surface area contributed by atoms with Crippen molar-refractivity contribution in [1.29, 1.82) is 0 Å². The number of furan rings is 1. The van der Waals surface area contributed by atoms with Crippen LogP contribution < -0.4 is 5.32 Å². The van der Waals surface area contributed by atoms with Crippen LogP contribution in [0.5, 0.6) is 0 Å². The molecule has 1 N–H and O–H groups in total. The third-order valence-corrected chi connectivity index (χ3v) is 4.84. The van der Waals surface area contributed by atoms with Crippen molar-refractivity contribution in [3.05, 3.63) is 17.9 Å². The van der Waals surface area contributed by atoms with E-state index in [0.717, 1.165) is 25.8 Å². The van der Waals surface area contributed by atoms with Gasteiger partial charge in [0.05, 0.1) is 6.54 Å². The highest BCUT2D eigenvalue weighted by molar-refractivity contribution is 7.89. The molecule has 0 spiro atoms. The first kappa shape index (κ1) is 13.6. The van der Waals surface area contributed by atoms with Gasteiger partial charge in [-0.1, -0.05) is 6.92 Å². The summed E-state index contributed by atoms with van der Waals surface area (Å²) in [6, 6.07) is 3.41. The molecule has 0 unspecified atom stereocenters. The Hall–Kier alpha value is -0.850. The van der Waals surface area contributed by atoms with Crippen LogP contribution >= 0.6 is 0 Å². The SMILES string of the molecule is CCCNCc1ccc(S(=O)(=O)N(C)C2CC2)o1. The summed E-state index contributed by atoms with van der Waals surface area (Å²) in [5.41, 5.74) is 0. The molecule has 1 fully saturated rings. The number of hydrogen-bond donors (Lipinski definition) is 1. The Morgan fingerprint density at radius 1 is 1.44 bits per heavy atom. The van der Waals surface area contributed by atoms with Crippen LogP contribution in [0.3, 0.4) is 0 Å². The molecule has 6 heteroatoms. The average molecular weight is 272 g/mol. The molecule has 0 radical (unpaired) electrons. The summed E-state index contributed by atoms with van der Waals surface area (Å²) in [4.78, 5) is 0. The van der Waals surface area contributed by atoms with Crippen molar-refractivity contribution in [1.82, 2.24) is 9.62 Å². The molecule has 1 aromatic rings. The van der Waals surface area contributed by atoms with E-state index in [0.29, 0.717) is 12.3 Å². The molecule has 5 nitrogen and oxygen atoms in total. The maximum atomic E-state index is 12.2. The summed E-state index contributed by atoms with van der Waals surface area (Å²) in [5, 5.41) is 3.22. The van der Waals surface area contributed by atoms with Crippen LogP contribution in [0.15, 0.2) is 21.6 Å². The van der Waals surface area contributed by atoms with E-state index in [-0.39, 0.29) is 11.1 Å². The maximum absolute atomic E-state index is 12.2. The first-order valence-corrected chi connectivity index (χ1v) is 7.77. The Kier molecular flexibility index (Phi) is 4.09. The smallest absolute Gasteiger partial charge is 0.276 e. The lowest BCUT2D eigenvalue weighted by Gasteiger charge is -2.13. The van der Waals surface area contributed by atoms with Crippen LogP contribution in [-0.2, 0) is 16.6 Å². The van der Waals surface area contributed by atoms with Gasteiger partial charge in [0.1, 0.15) is 5.76 Å². The monoisotopic (exact) mass is 272 g/mol. The predicted octanol–water partition coefficient (Wildman–Crippen LogP) is 1.56. The maximum Gasteiger partial charge on any atom is 0.276 e. The minimum atomic E-state index is -3.45. The van der Waals surface area contributed by atoms with E-state index in [1.165, 1.54) is 10.4 Å². The highest BCUT2D eigenvalue weighted by Gasteiger charge is 2.36. The Morgan fingerprint density at radius 3 is 2.78 bits per heavy atom. The molecule has 1 saturated carbocycles. The van der Waals surface area contributed by atoms with Crippen molar-refractivity contribution >= 4 is 10.0 Å². The third kappa shape index (κ3) is 2.93. The molecule has 102 valence electrons. The van der Waals surface area contributed by atoms with E-state index in [1.54, 1.807) is 13.1 Å². The molecule has 1 aliphatic rings. The molecule has 0 saturated heterocycles. The molecule has 0 aliphatic heterocycles. The highest BCUT2D eigenvalue weighted by atomic mass is 32.2. The molecule has 0 aromatic carbocycles. The zero-order chi connectivity index (χ0) is 13.2. The number of hydrogen-bond acceptors (Lipinski definition) is 4. The third-order valence-electron chi connectivity index (χ3n) is 3.06. The van der Waals surface area contributed by atoms with E-state index in [1.807, 2.05) is 0 Å². The summed E-state index contributed by atoms with van der Waals surface area (Å²) >= 11 is 0. The van der Waals surface area contributed by atoms with Gasteiger partial charge in [0.25, 0.3) is 10.0 Å². The van der Waals surface area contributed by atoms with Gasteiger partial charge < -0.3 is 9.73 Å². The van der Waals surface area contributed by atoms with E-state index in [4.69, 9.17) is 4.42 Å².